The minimum Gasteiger partial charge on any atom is -0.395 e. The van der Waals surface area contributed by atoms with Gasteiger partial charge in [-0.1, -0.05) is 0 Å². The predicted molar refractivity (Wildman–Crippen MR) is 39.5 cm³/mol. The first-order chi connectivity index (χ1) is 1.91. The zero-order valence-electron chi connectivity index (χ0n) is 3.96. The third kappa shape index (κ3) is 45.6. The topological polar surface area (TPSA) is 20.2 Å². The first-order valence-electron chi connectivity index (χ1n) is 1.08. The van der Waals surface area contributed by atoms with Gasteiger partial charge < -0.3 is 5.11 Å². The Morgan fingerprint density at radius 3 is 1.25 bits per heavy atom. The van der Waals surface area contributed by atoms with E-state index in [9.17, 15) is 0 Å². The minimum atomic E-state index is 0. The molecule has 0 aliphatic carbocycles. The standard InChI is InChI=1S/C2H5ClO.3ClH.Ti/c3-1-2-4;;;;/h4H,1-2H2;3*1H;. The molecule has 1 N–H and O–H groups in total. The van der Waals surface area contributed by atoms with Crippen LogP contribution in [0.2, 0.25) is 0 Å². The van der Waals surface area contributed by atoms with Crippen LogP contribution in [0.15, 0.2) is 0 Å². The van der Waals surface area contributed by atoms with Gasteiger partial charge in [0.25, 0.3) is 0 Å². The summed E-state index contributed by atoms with van der Waals surface area (Å²) in [6, 6.07) is 0. The summed E-state index contributed by atoms with van der Waals surface area (Å²) in [5.41, 5.74) is 0. The van der Waals surface area contributed by atoms with Crippen molar-refractivity contribution in [3.05, 3.63) is 0 Å². The number of aliphatic hydroxyl groups is 1. The van der Waals surface area contributed by atoms with Gasteiger partial charge in [0.2, 0.25) is 0 Å². The van der Waals surface area contributed by atoms with Crippen molar-refractivity contribution in [3.8, 4) is 0 Å². The minimum absolute atomic E-state index is 0. The Labute approximate surface area is 87.7 Å². The third-order valence-corrected chi connectivity index (χ3v) is 0.254. The van der Waals surface area contributed by atoms with E-state index < -0.39 is 0 Å². The fourth-order valence-corrected chi connectivity index (χ4v) is 0. The Kier molecular flexibility index (Phi) is 151. The summed E-state index contributed by atoms with van der Waals surface area (Å²) < 4.78 is 0. The summed E-state index contributed by atoms with van der Waals surface area (Å²) in [4.78, 5) is 0. The van der Waals surface area contributed by atoms with Gasteiger partial charge in [0.15, 0.2) is 0 Å². The molecule has 0 amide bonds. The maximum absolute atomic E-state index is 7.74. The van der Waals surface area contributed by atoms with Crippen LogP contribution in [0.25, 0.3) is 0 Å². The smallest absolute Gasteiger partial charge is 0.0566 e. The fraction of sp³-hybridized carbons (Fsp3) is 1.00. The van der Waals surface area contributed by atoms with Crippen molar-refractivity contribution in [2.45, 2.75) is 0 Å². The van der Waals surface area contributed by atoms with E-state index in [0.717, 1.165) is 0 Å². The van der Waals surface area contributed by atoms with Gasteiger partial charge in [0.05, 0.1) is 6.61 Å². The number of hydrogen-bond acceptors (Lipinski definition) is 1. The molecule has 0 rings (SSSR count). The molecule has 0 aliphatic rings. The average Bonchev–Trinajstić information content (AvgIpc) is 1.37. The van der Waals surface area contributed by atoms with Crippen LogP contribution in [-0.4, -0.2) is 17.6 Å². The van der Waals surface area contributed by atoms with E-state index in [2.05, 4.69) is 0 Å². The molecule has 1 nitrogen and oxygen atoms in total. The Hall–Kier alpha value is 1.83. The summed E-state index contributed by atoms with van der Waals surface area (Å²) >= 11 is 4.94. The monoisotopic (exact) mass is 236 g/mol. The molecule has 0 bridgehead atoms. The van der Waals surface area contributed by atoms with Crippen molar-refractivity contribution in [1.82, 2.24) is 0 Å². The summed E-state index contributed by atoms with van der Waals surface area (Å²) in [7, 11) is 0. The van der Waals surface area contributed by atoms with Crippen LogP contribution < -0.4 is 0 Å². The van der Waals surface area contributed by atoms with E-state index in [1.165, 1.54) is 0 Å². The molecule has 54 valence electrons. The van der Waals surface area contributed by atoms with E-state index in [1.807, 2.05) is 0 Å². The molecule has 6 heteroatoms. The van der Waals surface area contributed by atoms with E-state index in [0.29, 0.717) is 5.88 Å². The van der Waals surface area contributed by atoms with Gasteiger partial charge in [-0.2, -0.15) is 0 Å². The van der Waals surface area contributed by atoms with E-state index in [-0.39, 0.29) is 65.5 Å². The molecule has 0 saturated carbocycles. The van der Waals surface area contributed by atoms with Crippen LogP contribution >= 0.6 is 48.8 Å². The van der Waals surface area contributed by atoms with E-state index >= 15 is 0 Å². The number of aliphatic hydroxyl groups excluding tert-OH is 1. The molecule has 0 heterocycles. The summed E-state index contributed by atoms with van der Waals surface area (Å²) in [6.07, 6.45) is 0. The van der Waals surface area contributed by atoms with Crippen LogP contribution in [0.5, 0.6) is 0 Å². The zero-order chi connectivity index (χ0) is 3.41. The van der Waals surface area contributed by atoms with Crippen LogP contribution in [0.4, 0.5) is 0 Å². The molecular formula is C2H8Cl4OTi. The molecule has 8 heavy (non-hydrogen) atoms. The third-order valence-electron chi connectivity index (χ3n) is 0.0845. The predicted octanol–water partition coefficient (Wildman–Crippen LogP) is 1.48. The van der Waals surface area contributed by atoms with E-state index in [4.69, 9.17) is 16.7 Å². The van der Waals surface area contributed by atoms with Crippen LogP contribution in [0, 0.1) is 0 Å². The SMILES string of the molecule is Cl.Cl.Cl.OCCCl.[Ti]. The molecule has 0 aliphatic heterocycles. The summed E-state index contributed by atoms with van der Waals surface area (Å²) in [6.45, 7) is 0.0849. The number of rotatable bonds is 1. The summed E-state index contributed by atoms with van der Waals surface area (Å²) in [5.74, 6) is 0.347. The molecule has 0 aromatic heterocycles. The second-order valence-corrected chi connectivity index (χ2v) is 0.791. The van der Waals surface area contributed by atoms with Gasteiger partial charge in [0.1, 0.15) is 0 Å². The first kappa shape index (κ1) is 32.8. The van der Waals surface area contributed by atoms with Crippen LogP contribution in [0.1, 0.15) is 0 Å². The van der Waals surface area contributed by atoms with Gasteiger partial charge in [0, 0.05) is 27.6 Å². The van der Waals surface area contributed by atoms with Crippen molar-refractivity contribution < 1.29 is 26.8 Å². The van der Waals surface area contributed by atoms with Crippen LogP contribution in [0.3, 0.4) is 0 Å². The number of halogens is 4. The van der Waals surface area contributed by atoms with Crippen LogP contribution in [-0.2, 0) is 21.7 Å². The molecule has 0 spiro atoms. The first-order valence-corrected chi connectivity index (χ1v) is 1.62. The molecule has 0 aromatic carbocycles. The van der Waals surface area contributed by atoms with E-state index in [1.54, 1.807) is 0 Å². The van der Waals surface area contributed by atoms with Gasteiger partial charge in [-0.25, -0.2) is 0 Å². The normalized spacial score (nSPS) is 3.75. The molecule has 0 aromatic rings. The molecule has 0 radical (unpaired) electrons. The number of hydrogen-bond donors (Lipinski definition) is 1. The van der Waals surface area contributed by atoms with Gasteiger partial charge >= 0.3 is 0 Å². The Morgan fingerprint density at radius 2 is 1.25 bits per heavy atom. The fourth-order valence-electron chi connectivity index (χ4n) is 0. The molecular weight excluding hydrogens is 230 g/mol. The van der Waals surface area contributed by atoms with Crippen molar-refractivity contribution in [3.63, 3.8) is 0 Å². The Bertz CT molecular complexity index is 16.0. The molecule has 0 atom stereocenters. The maximum Gasteiger partial charge on any atom is 0.0566 e. The number of alkyl halides is 1. The Balaban J connectivity index is -0.00000000750. The second-order valence-electron chi connectivity index (χ2n) is 0.413. The van der Waals surface area contributed by atoms with Crippen molar-refractivity contribution in [1.29, 1.82) is 0 Å². The van der Waals surface area contributed by atoms with Gasteiger partial charge in [-0.05, 0) is 0 Å². The van der Waals surface area contributed by atoms with Crippen molar-refractivity contribution in [2.24, 2.45) is 0 Å². The molecule has 0 unspecified atom stereocenters. The zero-order valence-corrected chi connectivity index (χ0v) is 8.73. The Morgan fingerprint density at radius 1 is 1.12 bits per heavy atom. The quantitative estimate of drug-likeness (QED) is 0.541. The van der Waals surface area contributed by atoms with Gasteiger partial charge in [-0.3, -0.25) is 0 Å². The second kappa shape index (κ2) is 36.9. The maximum atomic E-state index is 7.74. The largest absolute Gasteiger partial charge is 0.395 e. The molecule has 0 saturated heterocycles. The average molecular weight is 238 g/mol. The van der Waals surface area contributed by atoms with Crippen molar-refractivity contribution in [2.75, 3.05) is 12.5 Å². The van der Waals surface area contributed by atoms with Crippen molar-refractivity contribution >= 4 is 48.8 Å². The van der Waals surface area contributed by atoms with Gasteiger partial charge in [-0.15, -0.1) is 48.8 Å². The molecule has 0 fully saturated rings. The summed E-state index contributed by atoms with van der Waals surface area (Å²) in [5, 5.41) is 7.74.